The van der Waals surface area contributed by atoms with Gasteiger partial charge in [-0.25, -0.2) is 0 Å². The molecule has 1 saturated heterocycles. The Balaban J connectivity index is 1.89. The third-order valence-electron chi connectivity index (χ3n) is 3.69. The van der Waals surface area contributed by atoms with Crippen LogP contribution in [0.1, 0.15) is 11.1 Å². The molecule has 0 amide bonds. The minimum Gasteiger partial charge on any atom is -0.315 e. The van der Waals surface area contributed by atoms with Crippen molar-refractivity contribution in [3.8, 4) is 0 Å². The number of rotatable bonds is 3. The third-order valence-corrected chi connectivity index (χ3v) is 4.65. The molecule has 4 heteroatoms. The Morgan fingerprint density at radius 1 is 1.05 bits per heavy atom. The summed E-state index contributed by atoms with van der Waals surface area (Å²) in [7, 11) is 0. The van der Waals surface area contributed by atoms with Crippen LogP contribution in [-0.4, -0.2) is 18.1 Å². The van der Waals surface area contributed by atoms with E-state index < -0.39 is 0 Å². The van der Waals surface area contributed by atoms with E-state index in [9.17, 15) is 0 Å². The highest BCUT2D eigenvalue weighted by molar-refractivity contribution is 9.10. The molecule has 2 aromatic rings. The van der Waals surface area contributed by atoms with Crippen LogP contribution in [0.4, 0.5) is 0 Å². The van der Waals surface area contributed by atoms with Gasteiger partial charge in [-0.05, 0) is 51.7 Å². The summed E-state index contributed by atoms with van der Waals surface area (Å²) in [5.41, 5.74) is 2.89. The minimum atomic E-state index is 0.211. The molecule has 1 aromatic heterocycles. The Morgan fingerprint density at radius 3 is 2.37 bits per heavy atom. The van der Waals surface area contributed by atoms with Crippen molar-refractivity contribution in [2.45, 2.75) is 11.8 Å². The average Bonchev–Trinajstić information content (AvgIpc) is 2.35. The molecule has 1 N–H and O–H groups in total. The number of pyridine rings is 1. The van der Waals surface area contributed by atoms with Crippen LogP contribution in [0.5, 0.6) is 0 Å². The summed E-state index contributed by atoms with van der Waals surface area (Å²) in [5, 5.41) is 3.41. The Morgan fingerprint density at radius 2 is 1.79 bits per heavy atom. The topological polar surface area (TPSA) is 24.9 Å². The van der Waals surface area contributed by atoms with Crippen LogP contribution in [-0.2, 0) is 11.8 Å². The summed E-state index contributed by atoms with van der Waals surface area (Å²) in [6.07, 6.45) is 4.81. The van der Waals surface area contributed by atoms with Gasteiger partial charge in [-0.3, -0.25) is 4.98 Å². The molecular weight excluding hydrogens is 368 g/mol. The summed E-state index contributed by atoms with van der Waals surface area (Å²) in [4.78, 5) is 4.26. The molecule has 1 aliphatic rings. The van der Waals surface area contributed by atoms with Crippen molar-refractivity contribution in [3.63, 3.8) is 0 Å². The van der Waals surface area contributed by atoms with Gasteiger partial charge >= 0.3 is 0 Å². The van der Waals surface area contributed by atoms with Crippen molar-refractivity contribution >= 4 is 31.9 Å². The zero-order chi connectivity index (χ0) is 13.3. The van der Waals surface area contributed by atoms with E-state index in [4.69, 9.17) is 0 Å². The van der Waals surface area contributed by atoms with Crippen LogP contribution in [0.25, 0.3) is 0 Å². The zero-order valence-electron chi connectivity index (χ0n) is 10.4. The monoisotopic (exact) mass is 380 g/mol. The van der Waals surface area contributed by atoms with Gasteiger partial charge in [-0.15, -0.1) is 0 Å². The molecule has 1 aromatic carbocycles. The Bertz CT molecular complexity index is 577. The number of nitrogens with one attached hydrogen (secondary N) is 1. The number of aromatic nitrogens is 1. The molecule has 0 bridgehead atoms. The van der Waals surface area contributed by atoms with Crippen LogP contribution in [0.3, 0.4) is 0 Å². The average molecular weight is 382 g/mol. The van der Waals surface area contributed by atoms with Gasteiger partial charge in [0.2, 0.25) is 0 Å². The molecule has 2 nitrogen and oxygen atoms in total. The van der Waals surface area contributed by atoms with Gasteiger partial charge in [-0.1, -0.05) is 28.1 Å². The maximum atomic E-state index is 4.26. The Hall–Kier alpha value is -0.710. The number of benzene rings is 1. The fourth-order valence-electron chi connectivity index (χ4n) is 2.60. The summed E-state index contributed by atoms with van der Waals surface area (Å²) < 4.78 is 2.17. The third kappa shape index (κ3) is 2.76. The molecule has 0 spiro atoms. The fraction of sp³-hybridized carbons (Fsp3) is 0.267. The first kappa shape index (κ1) is 13.3. The second-order valence-corrected chi connectivity index (χ2v) is 6.91. The molecule has 19 heavy (non-hydrogen) atoms. The zero-order valence-corrected chi connectivity index (χ0v) is 13.5. The molecule has 0 atom stereocenters. The van der Waals surface area contributed by atoms with E-state index in [-0.39, 0.29) is 5.41 Å². The molecule has 98 valence electrons. The SMILES string of the molecule is Brc1ccc(C2(Cc3cncc(Br)c3)CNC2)cc1. The van der Waals surface area contributed by atoms with Gasteiger partial charge in [0.1, 0.15) is 0 Å². The van der Waals surface area contributed by atoms with Crippen molar-refractivity contribution in [3.05, 3.63) is 62.8 Å². The quantitative estimate of drug-likeness (QED) is 0.876. The van der Waals surface area contributed by atoms with Gasteiger partial charge < -0.3 is 5.32 Å². The second-order valence-electron chi connectivity index (χ2n) is 5.08. The van der Waals surface area contributed by atoms with Crippen molar-refractivity contribution in [1.29, 1.82) is 0 Å². The number of halogens is 2. The highest BCUT2D eigenvalue weighted by Gasteiger charge is 2.38. The first-order valence-electron chi connectivity index (χ1n) is 6.24. The first-order valence-corrected chi connectivity index (χ1v) is 7.83. The Labute approximate surface area is 129 Å². The van der Waals surface area contributed by atoms with E-state index in [2.05, 4.69) is 72.5 Å². The second kappa shape index (κ2) is 5.35. The predicted octanol–water partition coefficient (Wildman–Crippen LogP) is 3.69. The van der Waals surface area contributed by atoms with Crippen LogP contribution in [0, 0.1) is 0 Å². The van der Waals surface area contributed by atoms with Crippen LogP contribution >= 0.6 is 31.9 Å². The van der Waals surface area contributed by atoms with E-state index in [1.807, 2.05) is 12.4 Å². The summed E-state index contributed by atoms with van der Waals surface area (Å²) in [6.45, 7) is 2.06. The Kier molecular flexibility index (Phi) is 3.74. The molecule has 3 rings (SSSR count). The molecule has 0 saturated carbocycles. The van der Waals surface area contributed by atoms with E-state index in [1.165, 1.54) is 11.1 Å². The van der Waals surface area contributed by atoms with Crippen LogP contribution in [0.2, 0.25) is 0 Å². The van der Waals surface area contributed by atoms with E-state index in [0.29, 0.717) is 0 Å². The lowest BCUT2D eigenvalue weighted by Crippen LogP contribution is -2.58. The number of hydrogen-bond acceptors (Lipinski definition) is 2. The molecule has 0 unspecified atom stereocenters. The molecule has 2 heterocycles. The van der Waals surface area contributed by atoms with Crippen molar-refractivity contribution in [1.82, 2.24) is 10.3 Å². The highest BCUT2D eigenvalue weighted by atomic mass is 79.9. The van der Waals surface area contributed by atoms with Gasteiger partial charge in [0.15, 0.2) is 0 Å². The standard InChI is InChI=1S/C15H14Br2N2/c16-13-3-1-12(2-4-13)15(9-19-10-15)6-11-5-14(17)8-18-7-11/h1-5,7-8,19H,6,9-10H2. The lowest BCUT2D eigenvalue weighted by molar-refractivity contribution is 0.274. The summed E-state index contributed by atoms with van der Waals surface area (Å²) >= 11 is 6.99. The maximum Gasteiger partial charge on any atom is 0.0410 e. The van der Waals surface area contributed by atoms with Gasteiger partial charge in [-0.2, -0.15) is 0 Å². The van der Waals surface area contributed by atoms with Gasteiger partial charge in [0, 0.05) is 39.8 Å². The minimum absolute atomic E-state index is 0.211. The van der Waals surface area contributed by atoms with Crippen molar-refractivity contribution in [2.24, 2.45) is 0 Å². The number of nitrogens with zero attached hydrogens (tertiary/aromatic N) is 1. The molecular formula is C15H14Br2N2. The first-order chi connectivity index (χ1) is 9.18. The number of hydrogen-bond donors (Lipinski definition) is 1. The van der Waals surface area contributed by atoms with Crippen molar-refractivity contribution < 1.29 is 0 Å². The van der Waals surface area contributed by atoms with E-state index >= 15 is 0 Å². The largest absolute Gasteiger partial charge is 0.315 e. The van der Waals surface area contributed by atoms with Crippen molar-refractivity contribution in [2.75, 3.05) is 13.1 Å². The van der Waals surface area contributed by atoms with Crippen LogP contribution in [0.15, 0.2) is 51.7 Å². The van der Waals surface area contributed by atoms with Crippen LogP contribution < -0.4 is 5.32 Å². The maximum absolute atomic E-state index is 4.26. The van der Waals surface area contributed by atoms with Gasteiger partial charge in [0.05, 0.1) is 0 Å². The predicted molar refractivity (Wildman–Crippen MR) is 84.3 cm³/mol. The molecule has 0 aliphatic carbocycles. The smallest absolute Gasteiger partial charge is 0.0410 e. The summed E-state index contributed by atoms with van der Waals surface area (Å²) in [5.74, 6) is 0. The summed E-state index contributed by atoms with van der Waals surface area (Å²) in [6, 6.07) is 10.8. The van der Waals surface area contributed by atoms with E-state index in [1.54, 1.807) is 0 Å². The molecule has 1 aliphatic heterocycles. The fourth-order valence-corrected chi connectivity index (χ4v) is 3.28. The van der Waals surface area contributed by atoms with E-state index in [0.717, 1.165) is 28.5 Å². The van der Waals surface area contributed by atoms with Gasteiger partial charge in [0.25, 0.3) is 0 Å². The molecule has 0 radical (unpaired) electrons. The lowest BCUT2D eigenvalue weighted by Gasteiger charge is -2.43. The molecule has 1 fully saturated rings. The normalized spacial score (nSPS) is 16.9. The highest BCUT2D eigenvalue weighted by Crippen LogP contribution is 2.33. The lowest BCUT2D eigenvalue weighted by atomic mass is 9.71.